The van der Waals surface area contributed by atoms with E-state index in [0.29, 0.717) is 6.54 Å². The van der Waals surface area contributed by atoms with Gasteiger partial charge in [-0.1, -0.05) is 12.1 Å². The summed E-state index contributed by atoms with van der Waals surface area (Å²) in [5, 5.41) is 4.53. The summed E-state index contributed by atoms with van der Waals surface area (Å²) in [6.07, 6.45) is 5.77. The van der Waals surface area contributed by atoms with Crippen molar-refractivity contribution in [1.29, 1.82) is 0 Å². The second-order valence-electron chi connectivity index (χ2n) is 6.76. The summed E-state index contributed by atoms with van der Waals surface area (Å²) in [6, 6.07) is 12.3. The van der Waals surface area contributed by atoms with Gasteiger partial charge in [-0.15, -0.1) is 0 Å². The number of nitrogens with one attached hydrogen (secondary N) is 1. The molecule has 26 heavy (non-hydrogen) atoms. The number of piperidine rings is 1. The van der Waals surface area contributed by atoms with Gasteiger partial charge < -0.3 is 19.4 Å². The van der Waals surface area contributed by atoms with Crippen molar-refractivity contribution < 1.29 is 9.15 Å². The molecule has 1 N–H and O–H groups in total. The summed E-state index contributed by atoms with van der Waals surface area (Å²) < 4.78 is 11.3. The Kier molecular flexibility index (Phi) is 5.07. The molecule has 0 saturated carbocycles. The largest absolute Gasteiger partial charge is 0.493 e. The van der Waals surface area contributed by atoms with Gasteiger partial charge in [-0.25, -0.2) is 4.98 Å². The highest BCUT2D eigenvalue weighted by atomic mass is 16.5. The second-order valence-corrected chi connectivity index (χ2v) is 6.76. The van der Waals surface area contributed by atoms with E-state index in [1.165, 1.54) is 24.8 Å². The molecule has 0 spiro atoms. The van der Waals surface area contributed by atoms with Gasteiger partial charge in [-0.05, 0) is 49.1 Å². The Hall–Kier alpha value is -2.53. The van der Waals surface area contributed by atoms with Crippen LogP contribution in [0.5, 0.6) is 5.75 Å². The van der Waals surface area contributed by atoms with E-state index in [9.17, 15) is 0 Å². The van der Waals surface area contributed by atoms with Crippen LogP contribution in [0.3, 0.4) is 0 Å². The van der Waals surface area contributed by atoms with E-state index < -0.39 is 0 Å². The lowest BCUT2D eigenvalue weighted by atomic mass is 10.1. The molecule has 0 radical (unpaired) electrons. The molecule has 136 valence electrons. The van der Waals surface area contributed by atoms with E-state index in [4.69, 9.17) is 9.15 Å². The zero-order chi connectivity index (χ0) is 17.8. The molecule has 1 aromatic carbocycles. The van der Waals surface area contributed by atoms with Gasteiger partial charge in [-0.2, -0.15) is 0 Å². The van der Waals surface area contributed by atoms with Crippen molar-refractivity contribution in [3.05, 3.63) is 53.9 Å². The predicted molar refractivity (Wildman–Crippen MR) is 104 cm³/mol. The number of methoxy groups -OCH3 is 1. The molecule has 0 amide bonds. The zero-order valence-corrected chi connectivity index (χ0v) is 15.2. The molecule has 3 heterocycles. The molecule has 2 aromatic heterocycles. The van der Waals surface area contributed by atoms with E-state index >= 15 is 0 Å². The lowest BCUT2D eigenvalue weighted by Crippen LogP contribution is -2.30. The van der Waals surface area contributed by atoms with Crippen molar-refractivity contribution in [2.45, 2.75) is 32.4 Å². The van der Waals surface area contributed by atoms with Crippen LogP contribution >= 0.6 is 0 Å². The van der Waals surface area contributed by atoms with Gasteiger partial charge in [-0.3, -0.25) is 0 Å². The highest BCUT2D eigenvalue weighted by Crippen LogP contribution is 2.28. The van der Waals surface area contributed by atoms with Gasteiger partial charge in [0.1, 0.15) is 11.6 Å². The predicted octanol–water partition coefficient (Wildman–Crippen LogP) is 4.12. The van der Waals surface area contributed by atoms with Crippen LogP contribution in [0, 0.1) is 0 Å². The van der Waals surface area contributed by atoms with E-state index in [1.54, 1.807) is 7.11 Å². The molecule has 5 heteroatoms. The van der Waals surface area contributed by atoms with Crippen molar-refractivity contribution in [3.63, 3.8) is 0 Å². The Morgan fingerprint density at radius 2 is 2.00 bits per heavy atom. The molecule has 5 nitrogen and oxygen atoms in total. The highest BCUT2D eigenvalue weighted by molar-refractivity contribution is 5.83. The van der Waals surface area contributed by atoms with Crippen molar-refractivity contribution in [3.8, 4) is 5.75 Å². The van der Waals surface area contributed by atoms with Crippen LogP contribution in [0.4, 0.5) is 5.82 Å². The topological polar surface area (TPSA) is 50.5 Å². The van der Waals surface area contributed by atoms with Crippen LogP contribution in [0.1, 0.15) is 30.6 Å². The Labute approximate surface area is 154 Å². The average Bonchev–Trinajstić information content (AvgIpc) is 3.12. The molecule has 0 aliphatic carbocycles. The number of benzene rings is 1. The normalized spacial score (nSPS) is 14.7. The van der Waals surface area contributed by atoms with Gasteiger partial charge in [0.25, 0.3) is 0 Å². The molecule has 1 aliphatic heterocycles. The van der Waals surface area contributed by atoms with E-state index in [2.05, 4.69) is 33.4 Å². The standard InChI is InChI=1S/C21H25N3O2/c1-25-19-7-5-6-17-13-18(26-21(17)19)15-22-14-16-8-9-23-20(12-16)24-10-3-2-4-11-24/h5-9,12-13,22H,2-4,10-11,14-15H2,1H3. The Bertz CT molecular complexity index is 869. The maximum Gasteiger partial charge on any atom is 0.176 e. The highest BCUT2D eigenvalue weighted by Gasteiger charge is 2.12. The van der Waals surface area contributed by atoms with Gasteiger partial charge in [0.15, 0.2) is 11.3 Å². The van der Waals surface area contributed by atoms with Crippen LogP contribution in [0.15, 0.2) is 47.0 Å². The maximum atomic E-state index is 5.94. The number of hydrogen-bond acceptors (Lipinski definition) is 5. The number of para-hydroxylation sites is 1. The van der Waals surface area contributed by atoms with Crippen LogP contribution in [0.25, 0.3) is 11.0 Å². The van der Waals surface area contributed by atoms with Crippen molar-refractivity contribution in [2.24, 2.45) is 0 Å². The Balaban J connectivity index is 1.39. The second kappa shape index (κ2) is 7.79. The number of ether oxygens (including phenoxy) is 1. The van der Waals surface area contributed by atoms with Crippen LogP contribution < -0.4 is 15.0 Å². The van der Waals surface area contributed by atoms with Crippen molar-refractivity contribution in [1.82, 2.24) is 10.3 Å². The maximum absolute atomic E-state index is 5.94. The molecule has 1 fully saturated rings. The lowest BCUT2D eigenvalue weighted by Gasteiger charge is -2.27. The molecule has 0 bridgehead atoms. The molecule has 1 aliphatic rings. The first-order valence-electron chi connectivity index (χ1n) is 9.29. The number of anilines is 1. The number of pyridine rings is 1. The van der Waals surface area contributed by atoms with Crippen molar-refractivity contribution >= 4 is 16.8 Å². The summed E-state index contributed by atoms with van der Waals surface area (Å²) in [6.45, 7) is 3.70. The fraction of sp³-hybridized carbons (Fsp3) is 0.381. The summed E-state index contributed by atoms with van der Waals surface area (Å²) >= 11 is 0. The van der Waals surface area contributed by atoms with E-state index in [-0.39, 0.29) is 0 Å². The number of rotatable bonds is 6. The summed E-state index contributed by atoms with van der Waals surface area (Å²) in [5.74, 6) is 2.78. The third kappa shape index (κ3) is 3.68. The number of hydrogen-bond donors (Lipinski definition) is 1. The summed E-state index contributed by atoms with van der Waals surface area (Å²) in [5.41, 5.74) is 2.05. The Morgan fingerprint density at radius 3 is 2.85 bits per heavy atom. The molecule has 1 saturated heterocycles. The van der Waals surface area contributed by atoms with Gasteiger partial charge >= 0.3 is 0 Å². The van der Waals surface area contributed by atoms with Crippen molar-refractivity contribution in [2.75, 3.05) is 25.1 Å². The quantitative estimate of drug-likeness (QED) is 0.724. The van der Waals surface area contributed by atoms with Crippen LogP contribution in [-0.4, -0.2) is 25.2 Å². The molecule has 0 unspecified atom stereocenters. The zero-order valence-electron chi connectivity index (χ0n) is 15.2. The third-order valence-corrected chi connectivity index (χ3v) is 4.90. The fourth-order valence-corrected chi connectivity index (χ4v) is 3.53. The van der Waals surface area contributed by atoms with Gasteiger partial charge in [0, 0.05) is 31.2 Å². The Morgan fingerprint density at radius 1 is 1.12 bits per heavy atom. The number of furan rings is 1. The fourth-order valence-electron chi connectivity index (χ4n) is 3.53. The minimum absolute atomic E-state index is 0.680. The lowest BCUT2D eigenvalue weighted by molar-refractivity contribution is 0.406. The first kappa shape index (κ1) is 16.9. The molecule has 4 rings (SSSR count). The van der Waals surface area contributed by atoms with Crippen LogP contribution in [0.2, 0.25) is 0 Å². The summed E-state index contributed by atoms with van der Waals surface area (Å²) in [4.78, 5) is 6.93. The SMILES string of the molecule is COc1cccc2cc(CNCc3ccnc(N4CCCCC4)c3)oc12. The van der Waals surface area contributed by atoms with E-state index in [0.717, 1.165) is 47.9 Å². The van der Waals surface area contributed by atoms with Gasteiger partial charge in [0.2, 0.25) is 0 Å². The monoisotopic (exact) mass is 351 g/mol. The smallest absolute Gasteiger partial charge is 0.176 e. The minimum atomic E-state index is 0.680. The third-order valence-electron chi connectivity index (χ3n) is 4.90. The molecular formula is C21H25N3O2. The number of fused-ring (bicyclic) bond motifs is 1. The molecular weight excluding hydrogens is 326 g/mol. The van der Waals surface area contributed by atoms with Gasteiger partial charge in [0.05, 0.1) is 13.7 Å². The molecule has 3 aromatic rings. The minimum Gasteiger partial charge on any atom is -0.493 e. The number of aromatic nitrogens is 1. The molecule has 0 atom stereocenters. The number of nitrogens with zero attached hydrogens (tertiary/aromatic N) is 2. The van der Waals surface area contributed by atoms with Crippen LogP contribution in [-0.2, 0) is 13.1 Å². The summed E-state index contributed by atoms with van der Waals surface area (Å²) in [7, 11) is 1.67. The average molecular weight is 351 g/mol. The van der Waals surface area contributed by atoms with E-state index in [1.807, 2.05) is 24.4 Å². The first-order chi connectivity index (χ1) is 12.8. The first-order valence-corrected chi connectivity index (χ1v) is 9.29.